The van der Waals surface area contributed by atoms with E-state index in [0.29, 0.717) is 19.4 Å². The number of benzene rings is 2. The van der Waals surface area contributed by atoms with Gasteiger partial charge in [-0.15, -0.1) is 0 Å². The summed E-state index contributed by atoms with van der Waals surface area (Å²) in [5, 5.41) is 6.51. The van der Waals surface area contributed by atoms with Crippen LogP contribution in [0.5, 0.6) is 0 Å². The van der Waals surface area contributed by atoms with Gasteiger partial charge in [0.15, 0.2) is 6.10 Å². The molecule has 0 bridgehead atoms. The molecule has 8 heteroatoms. The second kappa shape index (κ2) is 7.63. The number of anilines is 1. The van der Waals surface area contributed by atoms with Gasteiger partial charge in [-0.1, -0.05) is 53.7 Å². The SMILES string of the molecule is O=C(NCCS(=O)(=O)N1CCc2ccccc21)C1=NO[C@H](c2ccccc2)C1. The van der Waals surface area contributed by atoms with Gasteiger partial charge in [0.25, 0.3) is 5.91 Å². The number of fused-ring (bicyclic) bond motifs is 1. The molecular weight excluding hydrogens is 378 g/mol. The molecule has 0 saturated heterocycles. The number of amides is 1. The lowest BCUT2D eigenvalue weighted by Crippen LogP contribution is -2.38. The first-order valence-electron chi connectivity index (χ1n) is 9.19. The predicted octanol–water partition coefficient (Wildman–Crippen LogP) is 2.01. The zero-order valence-electron chi connectivity index (χ0n) is 15.2. The van der Waals surface area contributed by atoms with Gasteiger partial charge in [-0.05, 0) is 23.6 Å². The Hall–Kier alpha value is -2.87. The minimum absolute atomic E-state index is 0.0227. The van der Waals surface area contributed by atoms with E-state index in [9.17, 15) is 13.2 Å². The fraction of sp³-hybridized carbons (Fsp3) is 0.300. The van der Waals surface area contributed by atoms with Crippen LogP contribution in [0.25, 0.3) is 0 Å². The van der Waals surface area contributed by atoms with Crippen molar-refractivity contribution in [1.29, 1.82) is 0 Å². The minimum atomic E-state index is -3.50. The molecule has 2 heterocycles. The van der Waals surface area contributed by atoms with Gasteiger partial charge >= 0.3 is 0 Å². The summed E-state index contributed by atoms with van der Waals surface area (Å²) in [7, 11) is -3.50. The quantitative estimate of drug-likeness (QED) is 0.805. The Bertz CT molecular complexity index is 1010. The van der Waals surface area contributed by atoms with E-state index in [2.05, 4.69) is 10.5 Å². The molecular formula is C20H21N3O4S. The summed E-state index contributed by atoms with van der Waals surface area (Å²) < 4.78 is 26.7. The summed E-state index contributed by atoms with van der Waals surface area (Å²) in [5.41, 5.74) is 2.98. The topological polar surface area (TPSA) is 88.1 Å². The number of nitrogens with zero attached hydrogens (tertiary/aromatic N) is 2. The van der Waals surface area contributed by atoms with E-state index < -0.39 is 15.9 Å². The van der Waals surface area contributed by atoms with Gasteiger partial charge in [0, 0.05) is 19.5 Å². The smallest absolute Gasteiger partial charge is 0.269 e. The summed E-state index contributed by atoms with van der Waals surface area (Å²) in [5.74, 6) is -0.556. The van der Waals surface area contributed by atoms with E-state index in [-0.39, 0.29) is 24.1 Å². The highest BCUT2D eigenvalue weighted by atomic mass is 32.2. The Balaban J connectivity index is 1.30. The van der Waals surface area contributed by atoms with Crippen LogP contribution in [-0.4, -0.2) is 38.9 Å². The number of sulfonamides is 1. The zero-order chi connectivity index (χ0) is 19.6. The molecule has 4 rings (SSSR count). The first kappa shape index (κ1) is 18.5. The van der Waals surface area contributed by atoms with Crippen LogP contribution < -0.4 is 9.62 Å². The molecule has 28 heavy (non-hydrogen) atoms. The first-order chi connectivity index (χ1) is 13.5. The number of hydrogen-bond acceptors (Lipinski definition) is 5. The van der Waals surface area contributed by atoms with Crippen LogP contribution in [0.3, 0.4) is 0 Å². The maximum absolute atomic E-state index is 12.7. The predicted molar refractivity (Wildman–Crippen MR) is 107 cm³/mol. The molecule has 2 aromatic rings. The summed E-state index contributed by atoms with van der Waals surface area (Å²) in [6.07, 6.45) is 0.783. The van der Waals surface area contributed by atoms with Gasteiger partial charge in [-0.25, -0.2) is 8.42 Å². The van der Waals surface area contributed by atoms with Crippen LogP contribution in [0.2, 0.25) is 0 Å². The Morgan fingerprint density at radius 2 is 1.89 bits per heavy atom. The lowest BCUT2D eigenvalue weighted by atomic mass is 10.0. The van der Waals surface area contributed by atoms with Gasteiger partial charge < -0.3 is 10.2 Å². The van der Waals surface area contributed by atoms with Crippen LogP contribution in [0.4, 0.5) is 5.69 Å². The highest BCUT2D eigenvalue weighted by Crippen LogP contribution is 2.30. The number of carbonyl (C=O) groups is 1. The highest BCUT2D eigenvalue weighted by Gasteiger charge is 2.30. The molecule has 1 amide bonds. The van der Waals surface area contributed by atoms with Crippen LogP contribution in [0.15, 0.2) is 59.8 Å². The van der Waals surface area contributed by atoms with Crippen molar-refractivity contribution in [3.05, 3.63) is 65.7 Å². The fourth-order valence-corrected chi connectivity index (χ4v) is 4.89. The van der Waals surface area contributed by atoms with Gasteiger partial charge in [-0.2, -0.15) is 0 Å². The van der Waals surface area contributed by atoms with Crippen molar-refractivity contribution in [2.75, 3.05) is 23.1 Å². The lowest BCUT2D eigenvalue weighted by molar-refractivity contribution is -0.114. The molecule has 2 aliphatic heterocycles. The van der Waals surface area contributed by atoms with Crippen LogP contribution >= 0.6 is 0 Å². The molecule has 0 saturated carbocycles. The van der Waals surface area contributed by atoms with Crippen molar-refractivity contribution >= 4 is 27.3 Å². The largest absolute Gasteiger partial charge is 0.387 e. The number of hydrogen-bond donors (Lipinski definition) is 1. The Morgan fingerprint density at radius 1 is 1.14 bits per heavy atom. The highest BCUT2D eigenvalue weighted by molar-refractivity contribution is 7.92. The molecule has 2 aromatic carbocycles. The molecule has 0 fully saturated rings. The van der Waals surface area contributed by atoms with Gasteiger partial charge in [0.05, 0.1) is 11.4 Å². The molecule has 1 N–H and O–H groups in total. The Morgan fingerprint density at radius 3 is 2.71 bits per heavy atom. The number of carbonyl (C=O) groups excluding carboxylic acids is 1. The van der Waals surface area contributed by atoms with E-state index in [1.54, 1.807) is 0 Å². The van der Waals surface area contributed by atoms with Gasteiger partial charge in [0.1, 0.15) is 5.71 Å². The maximum atomic E-state index is 12.7. The normalized spacial score (nSPS) is 18.4. The maximum Gasteiger partial charge on any atom is 0.269 e. The summed E-state index contributed by atoms with van der Waals surface area (Å²) in [6, 6.07) is 17.0. The van der Waals surface area contributed by atoms with Crippen molar-refractivity contribution in [3.63, 3.8) is 0 Å². The monoisotopic (exact) mass is 399 g/mol. The van der Waals surface area contributed by atoms with Crippen LogP contribution in [0, 0.1) is 0 Å². The second-order valence-corrected chi connectivity index (χ2v) is 8.78. The molecule has 0 radical (unpaired) electrons. The first-order valence-corrected chi connectivity index (χ1v) is 10.8. The third kappa shape index (κ3) is 3.73. The minimum Gasteiger partial charge on any atom is -0.387 e. The summed E-state index contributed by atoms with van der Waals surface area (Å²) in [6.45, 7) is 0.462. The third-order valence-electron chi connectivity index (χ3n) is 4.93. The van der Waals surface area contributed by atoms with Crippen molar-refractivity contribution in [3.8, 4) is 0 Å². The third-order valence-corrected chi connectivity index (χ3v) is 6.70. The standard InChI is InChI=1S/C20H21N3O4S/c24-20(17-14-19(27-22-17)16-7-2-1-3-8-16)21-11-13-28(25,26)23-12-10-15-6-4-5-9-18(15)23/h1-9,19H,10-14H2,(H,21,24)/t19-/m0/s1. The Labute approximate surface area is 164 Å². The molecule has 7 nitrogen and oxygen atoms in total. The zero-order valence-corrected chi connectivity index (χ0v) is 16.1. The average Bonchev–Trinajstić information content (AvgIpc) is 3.36. The molecule has 1 atom stereocenters. The van der Waals surface area contributed by atoms with Crippen molar-refractivity contribution in [2.24, 2.45) is 5.16 Å². The molecule has 0 aliphatic carbocycles. The number of para-hydroxylation sites is 1. The van der Waals surface area contributed by atoms with Crippen LogP contribution in [0.1, 0.15) is 23.7 Å². The molecule has 0 aromatic heterocycles. The number of rotatable bonds is 6. The Kier molecular flexibility index (Phi) is 5.04. The van der Waals surface area contributed by atoms with Crippen molar-refractivity contribution in [1.82, 2.24) is 5.32 Å². The number of oxime groups is 1. The van der Waals surface area contributed by atoms with E-state index in [4.69, 9.17) is 4.84 Å². The van der Waals surface area contributed by atoms with Crippen LogP contribution in [-0.2, 0) is 26.1 Å². The molecule has 0 spiro atoms. The van der Waals surface area contributed by atoms with Crippen molar-refractivity contribution in [2.45, 2.75) is 18.9 Å². The summed E-state index contributed by atoms with van der Waals surface area (Å²) >= 11 is 0. The van der Waals surface area contributed by atoms with Gasteiger partial charge in [0.2, 0.25) is 10.0 Å². The second-order valence-electron chi connectivity index (χ2n) is 6.77. The van der Waals surface area contributed by atoms with Crippen molar-refractivity contribution < 1.29 is 18.0 Å². The average molecular weight is 399 g/mol. The number of nitrogens with one attached hydrogen (secondary N) is 1. The molecule has 2 aliphatic rings. The van der Waals surface area contributed by atoms with Gasteiger partial charge in [-0.3, -0.25) is 9.10 Å². The van der Waals surface area contributed by atoms with E-state index >= 15 is 0 Å². The summed E-state index contributed by atoms with van der Waals surface area (Å²) in [4.78, 5) is 17.6. The van der Waals surface area contributed by atoms with E-state index in [1.165, 1.54) is 4.31 Å². The molecule has 0 unspecified atom stereocenters. The van der Waals surface area contributed by atoms with E-state index in [0.717, 1.165) is 16.8 Å². The van der Waals surface area contributed by atoms with E-state index in [1.807, 2.05) is 54.6 Å². The fourth-order valence-electron chi connectivity index (χ4n) is 3.46. The lowest BCUT2D eigenvalue weighted by Gasteiger charge is -2.19. The molecule has 146 valence electrons.